The highest BCUT2D eigenvalue weighted by Gasteiger charge is 2.36. The van der Waals surface area contributed by atoms with Crippen LogP contribution in [0.4, 0.5) is 0 Å². The van der Waals surface area contributed by atoms with Crippen molar-refractivity contribution in [3.8, 4) is 5.75 Å². The second-order valence-corrected chi connectivity index (χ2v) is 8.74. The number of hydrogen-bond donors (Lipinski definition) is 1. The van der Waals surface area contributed by atoms with Crippen molar-refractivity contribution in [2.75, 3.05) is 18.2 Å². The summed E-state index contributed by atoms with van der Waals surface area (Å²) in [6.07, 6.45) is 1.87. The maximum absolute atomic E-state index is 13.3. The maximum atomic E-state index is 13.3. The number of hydrogen-bond acceptors (Lipinski definition) is 6. The van der Waals surface area contributed by atoms with Crippen LogP contribution in [0, 0.1) is 0 Å². The highest BCUT2D eigenvalue weighted by Crippen LogP contribution is 2.32. The van der Waals surface area contributed by atoms with E-state index in [-0.39, 0.29) is 43.4 Å². The largest absolute Gasteiger partial charge is 0.502 e. The van der Waals surface area contributed by atoms with Gasteiger partial charge in [-0.1, -0.05) is 60.7 Å². The third-order valence-corrected chi connectivity index (χ3v) is 5.84. The first kappa shape index (κ1) is 24.1. The minimum absolute atomic E-state index is 0.0923. The zero-order chi connectivity index (χ0) is 24.9. The number of benzene rings is 2. The summed E-state index contributed by atoms with van der Waals surface area (Å²) < 4.78 is 6.76. The zero-order valence-corrected chi connectivity index (χ0v) is 19.8. The molecule has 0 aliphatic carbocycles. The van der Waals surface area contributed by atoms with Crippen LogP contribution in [-0.2, 0) is 9.53 Å². The van der Waals surface area contributed by atoms with E-state index < -0.39 is 17.1 Å². The Kier molecular flexibility index (Phi) is 7.19. The summed E-state index contributed by atoms with van der Waals surface area (Å²) in [6.45, 7) is 4.03. The summed E-state index contributed by atoms with van der Waals surface area (Å²) in [5, 5.41) is 12.5. The van der Waals surface area contributed by atoms with Gasteiger partial charge < -0.3 is 14.7 Å². The van der Waals surface area contributed by atoms with E-state index in [0.29, 0.717) is 6.42 Å². The molecule has 0 bridgehead atoms. The summed E-state index contributed by atoms with van der Waals surface area (Å²) in [7, 11) is 0. The lowest BCUT2D eigenvalue weighted by atomic mass is 9.98. The molecule has 3 aromatic rings. The summed E-state index contributed by atoms with van der Waals surface area (Å²) in [5.74, 6) is -1.38. The molecule has 8 nitrogen and oxygen atoms in total. The summed E-state index contributed by atoms with van der Waals surface area (Å²) in [4.78, 5) is 39.1. The van der Waals surface area contributed by atoms with Crippen molar-refractivity contribution in [3.05, 3.63) is 100.0 Å². The molecular formula is C27H29N3O5. The Morgan fingerprint density at radius 2 is 1.57 bits per heavy atom. The van der Waals surface area contributed by atoms with E-state index in [1.165, 1.54) is 12.3 Å². The Hall–Kier alpha value is -4.07. The van der Waals surface area contributed by atoms with E-state index in [0.717, 1.165) is 11.1 Å². The molecule has 1 aliphatic rings. The first-order valence-electron chi connectivity index (χ1n) is 11.7. The quantitative estimate of drug-likeness (QED) is 0.502. The maximum Gasteiger partial charge on any atom is 0.306 e. The average Bonchev–Trinajstić information content (AvgIpc) is 2.84. The molecule has 2 heterocycles. The lowest BCUT2D eigenvalue weighted by Crippen LogP contribution is -2.55. The first-order chi connectivity index (χ1) is 16.9. The Morgan fingerprint density at radius 3 is 2.14 bits per heavy atom. The molecule has 2 aromatic carbocycles. The molecule has 182 valence electrons. The van der Waals surface area contributed by atoms with Crippen molar-refractivity contribution in [2.24, 2.45) is 0 Å². The van der Waals surface area contributed by atoms with Crippen molar-refractivity contribution in [1.29, 1.82) is 0 Å². The van der Waals surface area contributed by atoms with Crippen LogP contribution in [0.15, 0.2) is 77.7 Å². The Bertz CT molecular complexity index is 1200. The van der Waals surface area contributed by atoms with E-state index in [9.17, 15) is 19.5 Å². The molecule has 1 aliphatic heterocycles. The minimum atomic E-state index is -0.622. The van der Waals surface area contributed by atoms with Gasteiger partial charge in [-0.05, 0) is 31.4 Å². The van der Waals surface area contributed by atoms with E-state index in [1.807, 2.05) is 65.7 Å². The number of pyridine rings is 1. The Morgan fingerprint density at radius 1 is 0.971 bits per heavy atom. The SMILES string of the molecule is CC(C)OC(=O)CCCN1CN(C(c2ccccc2)c2ccccc2)n2ccc(=O)c(O)c2C1=O. The molecule has 0 radical (unpaired) electrons. The van der Waals surface area contributed by atoms with Gasteiger partial charge in [0.15, 0.2) is 11.4 Å². The number of carbonyl (C=O) groups is 2. The predicted molar refractivity (Wildman–Crippen MR) is 132 cm³/mol. The predicted octanol–water partition coefficient (Wildman–Crippen LogP) is 3.43. The molecule has 8 heteroatoms. The number of fused-ring (bicyclic) bond motifs is 1. The fraction of sp³-hybridized carbons (Fsp3) is 0.296. The molecule has 4 rings (SSSR count). The smallest absolute Gasteiger partial charge is 0.306 e. The molecular weight excluding hydrogens is 446 g/mol. The van der Waals surface area contributed by atoms with Crippen LogP contribution in [0.1, 0.15) is 54.3 Å². The molecule has 0 saturated heterocycles. The zero-order valence-electron chi connectivity index (χ0n) is 19.8. The van der Waals surface area contributed by atoms with Crippen molar-refractivity contribution in [1.82, 2.24) is 9.58 Å². The average molecular weight is 476 g/mol. The first-order valence-corrected chi connectivity index (χ1v) is 11.7. The van der Waals surface area contributed by atoms with Crippen LogP contribution < -0.4 is 10.4 Å². The van der Waals surface area contributed by atoms with Gasteiger partial charge in [0, 0.05) is 25.2 Å². The fourth-order valence-electron chi connectivity index (χ4n) is 4.31. The van der Waals surface area contributed by atoms with Gasteiger partial charge in [0.05, 0.1) is 12.1 Å². The molecule has 0 spiro atoms. The van der Waals surface area contributed by atoms with Gasteiger partial charge in [0.25, 0.3) is 5.91 Å². The van der Waals surface area contributed by atoms with Crippen LogP contribution >= 0.6 is 0 Å². The lowest BCUT2D eigenvalue weighted by molar-refractivity contribution is -0.147. The minimum Gasteiger partial charge on any atom is -0.502 e. The highest BCUT2D eigenvalue weighted by molar-refractivity contribution is 5.96. The second-order valence-electron chi connectivity index (χ2n) is 8.74. The van der Waals surface area contributed by atoms with Crippen LogP contribution in [0.25, 0.3) is 0 Å². The number of aromatic hydroxyl groups is 1. The molecule has 1 aromatic heterocycles. The van der Waals surface area contributed by atoms with Crippen molar-refractivity contribution in [3.63, 3.8) is 0 Å². The molecule has 35 heavy (non-hydrogen) atoms. The summed E-state index contributed by atoms with van der Waals surface area (Å²) in [5.41, 5.74) is 1.25. The van der Waals surface area contributed by atoms with Gasteiger partial charge >= 0.3 is 5.97 Å². The standard InChI is InChI=1S/C27H29N3O5/c1-19(2)35-23(32)14-9-16-28-18-30(29-17-15-22(31)26(33)25(29)27(28)34)24(20-10-5-3-6-11-20)21-12-7-4-8-13-21/h3-8,10-13,15,17,19,24,33H,9,14,16,18H2,1-2H3. The van der Waals surface area contributed by atoms with E-state index in [4.69, 9.17) is 4.74 Å². The number of amides is 1. The van der Waals surface area contributed by atoms with Crippen LogP contribution in [0.2, 0.25) is 0 Å². The second kappa shape index (κ2) is 10.5. The summed E-state index contributed by atoms with van der Waals surface area (Å²) in [6, 6.07) is 20.6. The van der Waals surface area contributed by atoms with Gasteiger partial charge in [-0.3, -0.25) is 24.1 Å². The third-order valence-electron chi connectivity index (χ3n) is 5.84. The number of nitrogens with zero attached hydrogens (tertiary/aromatic N) is 3. The number of carbonyl (C=O) groups excluding carboxylic acids is 2. The topological polar surface area (TPSA) is 92.1 Å². The van der Waals surface area contributed by atoms with Gasteiger partial charge in [-0.25, -0.2) is 0 Å². The molecule has 1 N–H and O–H groups in total. The molecule has 0 saturated carbocycles. The van der Waals surface area contributed by atoms with Gasteiger partial charge in [0.1, 0.15) is 6.67 Å². The molecule has 0 fully saturated rings. The van der Waals surface area contributed by atoms with E-state index >= 15 is 0 Å². The van der Waals surface area contributed by atoms with E-state index in [2.05, 4.69) is 0 Å². The van der Waals surface area contributed by atoms with Gasteiger partial charge in [-0.2, -0.15) is 0 Å². The number of rotatable bonds is 8. The summed E-state index contributed by atoms with van der Waals surface area (Å²) >= 11 is 0. The van der Waals surface area contributed by atoms with Gasteiger partial charge in [-0.15, -0.1) is 0 Å². The molecule has 1 amide bonds. The van der Waals surface area contributed by atoms with Crippen LogP contribution in [-0.4, -0.2) is 45.9 Å². The van der Waals surface area contributed by atoms with Crippen molar-refractivity contribution < 1.29 is 19.4 Å². The lowest BCUT2D eigenvalue weighted by Gasteiger charge is -2.44. The fourth-order valence-corrected chi connectivity index (χ4v) is 4.31. The number of esters is 1. The Labute approximate surface area is 204 Å². The van der Waals surface area contributed by atoms with Gasteiger partial charge in [0.2, 0.25) is 5.43 Å². The van der Waals surface area contributed by atoms with Crippen LogP contribution in [0.5, 0.6) is 5.75 Å². The third kappa shape index (κ3) is 5.21. The normalized spacial score (nSPS) is 13.3. The highest BCUT2D eigenvalue weighted by atomic mass is 16.5. The number of ether oxygens (including phenoxy) is 1. The van der Waals surface area contributed by atoms with Crippen molar-refractivity contribution >= 4 is 11.9 Å². The monoisotopic (exact) mass is 475 g/mol. The number of aromatic nitrogens is 1. The Balaban J connectivity index is 1.73. The molecule has 0 atom stereocenters. The van der Waals surface area contributed by atoms with Crippen molar-refractivity contribution in [2.45, 2.75) is 38.8 Å². The molecule has 0 unspecified atom stereocenters. The van der Waals surface area contributed by atoms with E-state index in [1.54, 1.807) is 23.4 Å². The van der Waals surface area contributed by atoms with Crippen LogP contribution in [0.3, 0.4) is 0 Å².